The summed E-state index contributed by atoms with van der Waals surface area (Å²) in [6, 6.07) is 0. The summed E-state index contributed by atoms with van der Waals surface area (Å²) in [4.78, 5) is 15.2. The van der Waals surface area contributed by atoms with Gasteiger partial charge in [0, 0.05) is 19.7 Å². The van der Waals surface area contributed by atoms with Gasteiger partial charge in [-0.05, 0) is 13.8 Å². The Morgan fingerprint density at radius 2 is 2.00 bits per heavy atom. The smallest absolute Gasteiger partial charge is 0.307 e. The number of guanidine groups is 1. The minimum Gasteiger partial charge on any atom is -0.469 e. The van der Waals surface area contributed by atoms with E-state index in [1.165, 1.54) is 7.11 Å². The van der Waals surface area contributed by atoms with E-state index in [9.17, 15) is 4.79 Å². The van der Waals surface area contributed by atoms with Crippen molar-refractivity contribution in [3.8, 4) is 0 Å². The molecule has 0 bridgehead atoms. The highest BCUT2D eigenvalue weighted by molar-refractivity contribution is 14.0. The zero-order chi connectivity index (χ0) is 12.9. The second-order valence-corrected chi connectivity index (χ2v) is 3.21. The minimum atomic E-state index is -0.234. The van der Waals surface area contributed by atoms with E-state index in [0.717, 1.165) is 6.54 Å². The molecule has 108 valence electrons. The second-order valence-electron chi connectivity index (χ2n) is 3.21. The predicted molar refractivity (Wildman–Crippen MR) is 82.5 cm³/mol. The normalized spacial score (nSPS) is 10.5. The number of hydrogen-bond acceptors (Lipinski definition) is 4. The molecule has 0 aromatic carbocycles. The van der Waals surface area contributed by atoms with Gasteiger partial charge in [-0.25, -0.2) is 0 Å². The highest BCUT2D eigenvalue weighted by atomic mass is 127. The van der Waals surface area contributed by atoms with Crippen LogP contribution in [0, 0.1) is 0 Å². The molecule has 0 spiro atoms. The number of carbonyl (C=O) groups excluding carboxylic acids is 1. The van der Waals surface area contributed by atoms with Gasteiger partial charge >= 0.3 is 5.97 Å². The van der Waals surface area contributed by atoms with Gasteiger partial charge in [0.2, 0.25) is 0 Å². The molecule has 0 amide bonds. The zero-order valence-corrected chi connectivity index (χ0v) is 13.7. The molecule has 0 aliphatic carbocycles. The van der Waals surface area contributed by atoms with Crippen LogP contribution in [0.15, 0.2) is 4.99 Å². The molecule has 2 N–H and O–H groups in total. The summed E-state index contributed by atoms with van der Waals surface area (Å²) < 4.78 is 9.73. The molecule has 0 saturated heterocycles. The minimum absolute atomic E-state index is 0. The van der Waals surface area contributed by atoms with Crippen LogP contribution in [0.2, 0.25) is 0 Å². The Hall–Kier alpha value is -0.570. The van der Waals surface area contributed by atoms with Gasteiger partial charge < -0.3 is 20.1 Å². The fourth-order valence-corrected chi connectivity index (χ4v) is 1.09. The van der Waals surface area contributed by atoms with E-state index in [1.807, 2.05) is 13.8 Å². The number of halogens is 1. The van der Waals surface area contributed by atoms with Crippen molar-refractivity contribution in [1.29, 1.82) is 0 Å². The van der Waals surface area contributed by atoms with E-state index in [0.29, 0.717) is 38.7 Å². The molecule has 0 rings (SSSR count). The largest absolute Gasteiger partial charge is 0.469 e. The molecule has 0 atom stereocenters. The van der Waals surface area contributed by atoms with Gasteiger partial charge in [-0.2, -0.15) is 0 Å². The summed E-state index contributed by atoms with van der Waals surface area (Å²) in [5.41, 5.74) is 0. The van der Waals surface area contributed by atoms with Crippen molar-refractivity contribution in [3.05, 3.63) is 0 Å². The number of ether oxygens (including phenoxy) is 2. The topological polar surface area (TPSA) is 72.0 Å². The molecule has 0 saturated carbocycles. The molecule has 0 unspecified atom stereocenters. The maximum Gasteiger partial charge on any atom is 0.307 e. The summed E-state index contributed by atoms with van der Waals surface area (Å²) in [6.07, 6.45) is 0.326. The molecule has 0 aromatic rings. The number of rotatable bonds is 8. The van der Waals surface area contributed by atoms with E-state index in [1.54, 1.807) is 0 Å². The van der Waals surface area contributed by atoms with Crippen LogP contribution < -0.4 is 10.6 Å². The standard InChI is InChI=1S/C11H23N3O3.HI/c1-4-12-11(14-8-9-17-5-2)13-7-6-10(15)16-3;/h4-9H2,1-3H3,(H2,12,13,14);1H. The van der Waals surface area contributed by atoms with Gasteiger partial charge in [0.1, 0.15) is 0 Å². The van der Waals surface area contributed by atoms with Crippen molar-refractivity contribution in [2.45, 2.75) is 20.3 Å². The number of hydrogen-bond donors (Lipinski definition) is 2. The third-order valence-electron chi connectivity index (χ3n) is 1.90. The first-order valence-electron chi connectivity index (χ1n) is 5.91. The molecule has 0 fully saturated rings. The third-order valence-corrected chi connectivity index (χ3v) is 1.90. The number of aliphatic imine (C=N–C) groups is 1. The maximum atomic E-state index is 10.9. The molecule has 6 nitrogen and oxygen atoms in total. The maximum absolute atomic E-state index is 10.9. The van der Waals surface area contributed by atoms with E-state index in [4.69, 9.17) is 4.74 Å². The van der Waals surface area contributed by atoms with Crippen molar-refractivity contribution >= 4 is 35.9 Å². The first kappa shape index (κ1) is 19.8. The van der Waals surface area contributed by atoms with E-state index < -0.39 is 0 Å². The lowest BCUT2D eigenvalue weighted by molar-refractivity contribution is -0.140. The predicted octanol–water partition coefficient (Wildman–Crippen LogP) is 0.759. The monoisotopic (exact) mass is 373 g/mol. The average molecular weight is 373 g/mol. The summed E-state index contributed by atoms with van der Waals surface area (Å²) in [5.74, 6) is 0.457. The lowest BCUT2D eigenvalue weighted by Crippen LogP contribution is -2.38. The second kappa shape index (κ2) is 14.5. The van der Waals surface area contributed by atoms with E-state index in [2.05, 4.69) is 20.4 Å². The summed E-state index contributed by atoms with van der Waals surface area (Å²) in [6.45, 7) is 7.11. The lowest BCUT2D eigenvalue weighted by atomic mass is 10.4. The Balaban J connectivity index is 0. The first-order chi connectivity index (χ1) is 8.24. The van der Waals surface area contributed by atoms with Gasteiger partial charge in [0.25, 0.3) is 0 Å². The highest BCUT2D eigenvalue weighted by Gasteiger charge is 2.01. The molecular weight excluding hydrogens is 349 g/mol. The third kappa shape index (κ3) is 11.9. The van der Waals surface area contributed by atoms with E-state index in [-0.39, 0.29) is 29.9 Å². The number of carbonyl (C=O) groups is 1. The number of esters is 1. The van der Waals surface area contributed by atoms with Gasteiger partial charge in [-0.15, -0.1) is 24.0 Å². The fourth-order valence-electron chi connectivity index (χ4n) is 1.09. The zero-order valence-electron chi connectivity index (χ0n) is 11.3. The van der Waals surface area contributed by atoms with Crippen LogP contribution in [-0.4, -0.2) is 51.9 Å². The van der Waals surface area contributed by atoms with Crippen LogP contribution >= 0.6 is 24.0 Å². The number of methoxy groups -OCH3 is 1. The van der Waals surface area contributed by atoms with E-state index >= 15 is 0 Å². The van der Waals surface area contributed by atoms with Crippen molar-refractivity contribution in [3.63, 3.8) is 0 Å². The molecule has 18 heavy (non-hydrogen) atoms. The molecule has 0 heterocycles. The van der Waals surface area contributed by atoms with Gasteiger partial charge in [-0.1, -0.05) is 0 Å². The van der Waals surface area contributed by atoms with Crippen molar-refractivity contribution in [2.75, 3.05) is 40.0 Å². The van der Waals surface area contributed by atoms with Crippen LogP contribution in [0.25, 0.3) is 0 Å². The van der Waals surface area contributed by atoms with Gasteiger partial charge in [0.15, 0.2) is 5.96 Å². The highest BCUT2D eigenvalue weighted by Crippen LogP contribution is 1.82. The van der Waals surface area contributed by atoms with Crippen LogP contribution in [0.3, 0.4) is 0 Å². The Morgan fingerprint density at radius 3 is 2.56 bits per heavy atom. The molecule has 0 aliphatic rings. The molecule has 0 aromatic heterocycles. The van der Waals surface area contributed by atoms with Gasteiger partial charge in [-0.3, -0.25) is 9.79 Å². The first-order valence-corrected chi connectivity index (χ1v) is 5.91. The van der Waals surface area contributed by atoms with Crippen LogP contribution in [0.1, 0.15) is 20.3 Å². The summed E-state index contributed by atoms with van der Waals surface area (Å²) in [7, 11) is 1.38. The summed E-state index contributed by atoms with van der Waals surface area (Å²) in [5, 5.41) is 6.13. The average Bonchev–Trinajstić information content (AvgIpc) is 2.34. The van der Waals surface area contributed by atoms with Gasteiger partial charge in [0.05, 0.1) is 26.7 Å². The number of nitrogens with zero attached hydrogens (tertiary/aromatic N) is 1. The molecular formula is C11H24IN3O3. The quantitative estimate of drug-likeness (QED) is 0.216. The van der Waals surface area contributed by atoms with Crippen LogP contribution in [0.4, 0.5) is 0 Å². The Labute approximate surface area is 126 Å². The fraction of sp³-hybridized carbons (Fsp3) is 0.818. The Morgan fingerprint density at radius 1 is 1.28 bits per heavy atom. The summed E-state index contributed by atoms with van der Waals surface area (Å²) >= 11 is 0. The Kier molecular flexibility index (Phi) is 15.9. The lowest BCUT2D eigenvalue weighted by Gasteiger charge is -2.10. The molecule has 0 radical (unpaired) electrons. The SMILES string of the molecule is CCNC(=NCCOCC)NCCC(=O)OC.I. The van der Waals surface area contributed by atoms with Crippen molar-refractivity contribution in [2.24, 2.45) is 4.99 Å². The molecule has 7 heteroatoms. The van der Waals surface area contributed by atoms with Crippen LogP contribution in [-0.2, 0) is 14.3 Å². The van der Waals surface area contributed by atoms with Crippen molar-refractivity contribution in [1.82, 2.24) is 10.6 Å². The number of nitrogens with one attached hydrogen (secondary N) is 2. The Bertz CT molecular complexity index is 238. The molecule has 0 aliphatic heterocycles. The van der Waals surface area contributed by atoms with Crippen LogP contribution in [0.5, 0.6) is 0 Å². The van der Waals surface area contributed by atoms with Crippen molar-refractivity contribution < 1.29 is 14.3 Å².